The van der Waals surface area contributed by atoms with Gasteiger partial charge < -0.3 is 19.0 Å². The zero-order valence-electron chi connectivity index (χ0n) is 17.3. The molecule has 0 amide bonds. The van der Waals surface area contributed by atoms with Crippen LogP contribution in [0.5, 0.6) is 5.88 Å². The average Bonchev–Trinajstić information content (AvgIpc) is 3.42. The molecule has 158 valence electrons. The predicted molar refractivity (Wildman–Crippen MR) is 114 cm³/mol. The highest BCUT2D eigenvalue weighted by Gasteiger charge is 2.28. The zero-order chi connectivity index (χ0) is 21.8. The van der Waals surface area contributed by atoms with Gasteiger partial charge in [-0.05, 0) is 24.1 Å². The minimum atomic E-state index is -1.10. The number of para-hydroxylation sites is 1. The van der Waals surface area contributed by atoms with Crippen LogP contribution in [0.25, 0.3) is 10.9 Å². The lowest BCUT2D eigenvalue weighted by Crippen LogP contribution is -2.23. The lowest BCUT2D eigenvalue weighted by Gasteiger charge is -2.17. The minimum Gasteiger partial charge on any atom is -0.463 e. The molecule has 0 fully saturated rings. The van der Waals surface area contributed by atoms with Crippen molar-refractivity contribution in [1.82, 2.24) is 10.1 Å². The molecule has 1 N–H and O–H groups in total. The Hall–Kier alpha value is -3.87. The number of H-pyrrole nitrogens is 1. The van der Waals surface area contributed by atoms with Gasteiger partial charge >= 0.3 is 5.97 Å². The molecule has 2 aromatic heterocycles. The molecule has 0 radical (unpaired) electrons. The van der Waals surface area contributed by atoms with Crippen LogP contribution in [0.3, 0.4) is 0 Å². The van der Waals surface area contributed by atoms with Crippen molar-refractivity contribution in [3.8, 4) is 5.88 Å². The molecule has 1 atom stereocenters. The molecule has 4 rings (SSSR count). The van der Waals surface area contributed by atoms with Gasteiger partial charge in [0.2, 0.25) is 5.78 Å². The second-order valence-corrected chi connectivity index (χ2v) is 7.10. The van der Waals surface area contributed by atoms with Gasteiger partial charge in [-0.15, -0.1) is 0 Å². The Bertz CT molecular complexity index is 1210. The smallest absolute Gasteiger partial charge is 0.345 e. The lowest BCUT2D eigenvalue weighted by molar-refractivity contribution is -0.149. The van der Waals surface area contributed by atoms with Crippen LogP contribution in [0.4, 0.5) is 0 Å². The van der Waals surface area contributed by atoms with Crippen LogP contribution in [-0.2, 0) is 16.0 Å². The molecular formula is C24H22N2O5. The number of carbonyl (C=O) groups is 2. The monoisotopic (exact) mass is 418 g/mol. The van der Waals surface area contributed by atoms with E-state index >= 15 is 0 Å². The number of hydrogen-bond donors (Lipinski definition) is 1. The maximum atomic E-state index is 13.5. The van der Waals surface area contributed by atoms with E-state index in [1.165, 1.54) is 0 Å². The van der Waals surface area contributed by atoms with Gasteiger partial charge in [0.15, 0.2) is 12.7 Å². The number of carbonyl (C=O) groups excluding carboxylic acids is 2. The number of nitrogens with one attached hydrogen (secondary N) is 1. The fraction of sp³-hybridized carbons (Fsp3) is 0.208. The molecule has 0 bridgehead atoms. The lowest BCUT2D eigenvalue weighted by atomic mass is 9.98. The first-order chi connectivity index (χ1) is 15.1. The number of rotatable bonds is 8. The Balaban J connectivity index is 1.59. The summed E-state index contributed by atoms with van der Waals surface area (Å²) in [5.74, 6) is -0.250. The van der Waals surface area contributed by atoms with E-state index in [1.54, 1.807) is 43.5 Å². The number of hydrogen-bond acceptors (Lipinski definition) is 6. The summed E-state index contributed by atoms with van der Waals surface area (Å²) in [6.07, 6.45) is 1.41. The molecule has 0 saturated heterocycles. The van der Waals surface area contributed by atoms with Crippen molar-refractivity contribution in [3.05, 3.63) is 83.2 Å². The Morgan fingerprint density at radius 3 is 2.65 bits per heavy atom. The fourth-order valence-electron chi connectivity index (χ4n) is 3.47. The Labute approximate surface area is 179 Å². The summed E-state index contributed by atoms with van der Waals surface area (Å²) in [5.41, 5.74) is 3.08. The van der Waals surface area contributed by atoms with Crippen molar-refractivity contribution >= 4 is 22.7 Å². The molecule has 0 unspecified atom stereocenters. The van der Waals surface area contributed by atoms with Crippen LogP contribution in [0.15, 0.2) is 65.3 Å². The Morgan fingerprint density at radius 2 is 1.94 bits per heavy atom. The maximum absolute atomic E-state index is 13.5. The van der Waals surface area contributed by atoms with E-state index in [2.05, 4.69) is 17.1 Å². The van der Waals surface area contributed by atoms with Gasteiger partial charge in [-0.1, -0.05) is 55.5 Å². The molecule has 0 spiro atoms. The third-order valence-corrected chi connectivity index (χ3v) is 4.98. The van der Waals surface area contributed by atoms with Gasteiger partial charge in [0.05, 0.1) is 0 Å². The van der Waals surface area contributed by atoms with E-state index in [0.717, 1.165) is 22.9 Å². The molecule has 7 nitrogen and oxygen atoms in total. The van der Waals surface area contributed by atoms with E-state index in [0.29, 0.717) is 16.9 Å². The van der Waals surface area contributed by atoms with Crippen LogP contribution < -0.4 is 4.74 Å². The topological polar surface area (TPSA) is 94.4 Å². The molecule has 0 aliphatic heterocycles. The van der Waals surface area contributed by atoms with E-state index in [9.17, 15) is 9.59 Å². The summed E-state index contributed by atoms with van der Waals surface area (Å²) in [7, 11) is 0. The summed E-state index contributed by atoms with van der Waals surface area (Å²) in [6.45, 7) is 3.38. The molecule has 0 aliphatic carbocycles. The summed E-state index contributed by atoms with van der Waals surface area (Å²) in [5, 5.41) is 4.48. The second-order valence-electron chi connectivity index (χ2n) is 7.10. The molecule has 2 aromatic carbocycles. The number of Topliss-reactive ketones (excluding diaryl/α,β-unsaturated/α-hetero) is 1. The molecule has 2 heterocycles. The summed E-state index contributed by atoms with van der Waals surface area (Å²) < 4.78 is 15.8. The number of ether oxygens (including phenoxy) is 2. The van der Waals surface area contributed by atoms with Gasteiger partial charge in [0.25, 0.3) is 5.88 Å². The highest BCUT2D eigenvalue weighted by atomic mass is 16.6. The highest BCUT2D eigenvalue weighted by molar-refractivity contribution is 6.11. The van der Waals surface area contributed by atoms with E-state index in [4.69, 9.17) is 14.0 Å². The number of ketones is 1. The highest BCUT2D eigenvalue weighted by Crippen LogP contribution is 2.29. The standard InChI is InChI=1S/C24H22N2O5/c1-3-16-10-7-11-18-19(13-25-22(16)18)23(28)24(17-8-5-4-6-9-17)30-21(27)14-29-20-12-15(2)31-26-20/h4-13,24-25H,3,14H2,1-2H3/t24-/m0/s1. The van der Waals surface area contributed by atoms with Crippen molar-refractivity contribution < 1.29 is 23.6 Å². The van der Waals surface area contributed by atoms with Gasteiger partial charge in [0, 0.05) is 34.3 Å². The first-order valence-corrected chi connectivity index (χ1v) is 10.0. The number of aromatic amines is 1. The third kappa shape index (κ3) is 4.35. The zero-order valence-corrected chi connectivity index (χ0v) is 17.3. The summed E-state index contributed by atoms with van der Waals surface area (Å²) in [6, 6.07) is 16.3. The normalized spacial score (nSPS) is 11.9. The van der Waals surface area contributed by atoms with Crippen LogP contribution >= 0.6 is 0 Å². The van der Waals surface area contributed by atoms with Crippen LogP contribution in [-0.4, -0.2) is 28.5 Å². The second kappa shape index (κ2) is 8.87. The molecular weight excluding hydrogens is 396 g/mol. The van der Waals surface area contributed by atoms with Crippen molar-refractivity contribution in [2.24, 2.45) is 0 Å². The molecule has 31 heavy (non-hydrogen) atoms. The van der Waals surface area contributed by atoms with E-state index in [1.807, 2.05) is 24.3 Å². The van der Waals surface area contributed by atoms with Crippen molar-refractivity contribution in [2.45, 2.75) is 26.4 Å². The number of benzene rings is 2. The number of aromatic nitrogens is 2. The molecule has 4 aromatic rings. The summed E-state index contributed by atoms with van der Waals surface area (Å²) >= 11 is 0. The Morgan fingerprint density at radius 1 is 1.13 bits per heavy atom. The number of nitrogens with zero attached hydrogens (tertiary/aromatic N) is 1. The van der Waals surface area contributed by atoms with Crippen molar-refractivity contribution in [3.63, 3.8) is 0 Å². The number of esters is 1. The van der Waals surface area contributed by atoms with Crippen LogP contribution in [0.2, 0.25) is 0 Å². The number of aryl methyl sites for hydroxylation is 2. The maximum Gasteiger partial charge on any atom is 0.345 e. The third-order valence-electron chi connectivity index (χ3n) is 4.98. The summed E-state index contributed by atoms with van der Waals surface area (Å²) in [4.78, 5) is 29.1. The fourth-order valence-corrected chi connectivity index (χ4v) is 3.47. The van der Waals surface area contributed by atoms with Crippen molar-refractivity contribution in [2.75, 3.05) is 6.61 Å². The quantitative estimate of drug-likeness (QED) is 0.333. The van der Waals surface area contributed by atoms with Gasteiger partial charge in [-0.25, -0.2) is 4.79 Å². The molecule has 7 heteroatoms. The first-order valence-electron chi connectivity index (χ1n) is 10.0. The van der Waals surface area contributed by atoms with Crippen molar-refractivity contribution in [1.29, 1.82) is 0 Å². The van der Waals surface area contributed by atoms with Gasteiger partial charge in [-0.3, -0.25) is 4.79 Å². The largest absolute Gasteiger partial charge is 0.463 e. The molecule has 0 saturated carbocycles. The Kier molecular flexibility index (Phi) is 5.84. The minimum absolute atomic E-state index is 0.181. The predicted octanol–water partition coefficient (Wildman–Crippen LogP) is 4.57. The van der Waals surface area contributed by atoms with Crippen LogP contribution in [0.1, 0.15) is 40.3 Å². The van der Waals surface area contributed by atoms with Crippen LogP contribution in [0, 0.1) is 6.92 Å². The SMILES string of the molecule is CCc1cccc2c(C(=O)[C@@H](OC(=O)COc3cc(C)on3)c3ccccc3)c[nH]c12. The first kappa shape index (κ1) is 20.4. The molecule has 0 aliphatic rings. The van der Waals surface area contributed by atoms with E-state index < -0.39 is 18.7 Å². The van der Waals surface area contributed by atoms with Gasteiger partial charge in [-0.2, -0.15) is 0 Å². The van der Waals surface area contributed by atoms with Gasteiger partial charge in [0.1, 0.15) is 5.76 Å². The average molecular weight is 418 g/mol. The van der Waals surface area contributed by atoms with E-state index in [-0.39, 0.29) is 11.7 Å². The number of fused-ring (bicyclic) bond motifs is 1.